The first-order chi connectivity index (χ1) is 15.9. The Hall–Kier alpha value is -4.34. The number of methoxy groups -OCH3 is 2. The number of carbonyl (C=O) groups excluding carboxylic acids is 3. The van der Waals surface area contributed by atoms with E-state index in [4.69, 9.17) is 15.2 Å². The van der Waals surface area contributed by atoms with Crippen LogP contribution in [-0.2, 0) is 17.8 Å². The summed E-state index contributed by atoms with van der Waals surface area (Å²) in [5.74, 6) is -0.734. The Bertz CT molecular complexity index is 1110. The summed E-state index contributed by atoms with van der Waals surface area (Å²) in [7, 11) is 2.91. The summed E-state index contributed by atoms with van der Waals surface area (Å²) in [5, 5.41) is 5.57. The Morgan fingerprint density at radius 2 is 1.85 bits per heavy atom. The third-order valence-corrected chi connectivity index (χ3v) is 4.95. The van der Waals surface area contributed by atoms with E-state index >= 15 is 0 Å². The molecule has 1 aromatic heterocycles. The molecule has 2 aromatic carbocycles. The van der Waals surface area contributed by atoms with Crippen LogP contribution in [0.25, 0.3) is 0 Å². The number of nitrogens with two attached hydrogens (primary N) is 1. The summed E-state index contributed by atoms with van der Waals surface area (Å²) >= 11 is 0. The van der Waals surface area contributed by atoms with Crippen LogP contribution in [0.5, 0.6) is 11.5 Å². The number of hydrogen-bond donors (Lipinski definition) is 4. The number of aromatic nitrogens is 2. The number of hydrogen-bond acceptors (Lipinski definition) is 6. The maximum absolute atomic E-state index is 13.0. The molecular formula is C23H25N5O5. The lowest BCUT2D eigenvalue weighted by Crippen LogP contribution is -2.48. The molecule has 0 radical (unpaired) electrons. The van der Waals surface area contributed by atoms with Crippen LogP contribution >= 0.6 is 0 Å². The monoisotopic (exact) mass is 451 g/mol. The molecule has 10 nitrogen and oxygen atoms in total. The number of para-hydroxylation sites is 1. The standard InChI is InChI=1S/C23H25N5O5/c1-32-19-5-3-4-17(20(19)33-2)22(30)28-18(10-16-12-25-13-27-16)23(31)26-11-14-6-8-15(9-7-14)21(24)29/h3-9,12-13,18H,10-11H2,1-2H3,(H2,24,29)(H,25,27)(H,26,31)(H,28,30). The van der Waals surface area contributed by atoms with Crippen molar-refractivity contribution in [2.24, 2.45) is 5.73 Å². The van der Waals surface area contributed by atoms with Gasteiger partial charge in [-0.2, -0.15) is 0 Å². The molecule has 0 saturated heterocycles. The van der Waals surface area contributed by atoms with E-state index in [1.54, 1.807) is 48.7 Å². The molecule has 0 aliphatic carbocycles. The third kappa shape index (κ3) is 5.88. The summed E-state index contributed by atoms with van der Waals surface area (Å²) in [6, 6.07) is 10.6. The van der Waals surface area contributed by atoms with Crippen molar-refractivity contribution in [2.45, 2.75) is 19.0 Å². The first-order valence-corrected chi connectivity index (χ1v) is 10.1. The van der Waals surface area contributed by atoms with Gasteiger partial charge in [0.15, 0.2) is 11.5 Å². The highest BCUT2D eigenvalue weighted by atomic mass is 16.5. The van der Waals surface area contributed by atoms with Gasteiger partial charge in [0, 0.05) is 30.4 Å². The van der Waals surface area contributed by atoms with Crippen LogP contribution in [0.1, 0.15) is 32.0 Å². The van der Waals surface area contributed by atoms with Gasteiger partial charge in [-0.1, -0.05) is 18.2 Å². The van der Waals surface area contributed by atoms with Crippen LogP contribution in [0, 0.1) is 0 Å². The Labute approximate surface area is 190 Å². The van der Waals surface area contributed by atoms with Crippen molar-refractivity contribution in [3.8, 4) is 11.5 Å². The molecule has 3 aromatic rings. The Morgan fingerprint density at radius 1 is 1.09 bits per heavy atom. The summed E-state index contributed by atoms with van der Waals surface area (Å²) in [6.45, 7) is 0.204. The van der Waals surface area contributed by atoms with Gasteiger partial charge in [-0.3, -0.25) is 14.4 Å². The summed E-state index contributed by atoms with van der Waals surface area (Å²) in [6.07, 6.45) is 3.28. The predicted octanol–water partition coefficient (Wildman–Crippen LogP) is 1.18. The molecule has 0 aliphatic rings. The van der Waals surface area contributed by atoms with E-state index in [0.29, 0.717) is 17.0 Å². The van der Waals surface area contributed by atoms with Gasteiger partial charge in [0.1, 0.15) is 6.04 Å². The Kier molecular flexibility index (Phi) is 7.64. The van der Waals surface area contributed by atoms with Gasteiger partial charge >= 0.3 is 0 Å². The SMILES string of the molecule is COc1cccc(C(=O)NC(Cc2cnc[nH]2)C(=O)NCc2ccc(C(N)=O)cc2)c1OC. The summed E-state index contributed by atoms with van der Waals surface area (Å²) in [5.41, 5.74) is 7.32. The molecule has 3 rings (SSSR count). The largest absolute Gasteiger partial charge is 0.493 e. The number of benzene rings is 2. The van der Waals surface area contributed by atoms with Crippen molar-refractivity contribution in [3.05, 3.63) is 77.4 Å². The van der Waals surface area contributed by atoms with E-state index in [2.05, 4.69) is 20.6 Å². The minimum atomic E-state index is -0.890. The van der Waals surface area contributed by atoms with Crippen molar-refractivity contribution in [3.63, 3.8) is 0 Å². The van der Waals surface area contributed by atoms with Crippen molar-refractivity contribution in [1.82, 2.24) is 20.6 Å². The molecule has 1 unspecified atom stereocenters. The number of nitrogens with zero attached hydrogens (tertiary/aromatic N) is 1. The Balaban J connectivity index is 1.75. The minimum absolute atomic E-state index is 0.199. The second kappa shape index (κ2) is 10.8. The lowest BCUT2D eigenvalue weighted by molar-refractivity contribution is -0.123. The highest BCUT2D eigenvalue weighted by Gasteiger charge is 2.25. The quantitative estimate of drug-likeness (QED) is 0.364. The highest BCUT2D eigenvalue weighted by molar-refractivity contribution is 6.00. The van der Waals surface area contributed by atoms with Crippen molar-refractivity contribution >= 4 is 17.7 Å². The van der Waals surface area contributed by atoms with E-state index in [1.165, 1.54) is 20.5 Å². The van der Waals surface area contributed by atoms with Gasteiger partial charge in [0.2, 0.25) is 11.8 Å². The molecule has 5 N–H and O–H groups in total. The van der Waals surface area contributed by atoms with Crippen LogP contribution < -0.4 is 25.8 Å². The average molecular weight is 451 g/mol. The highest BCUT2D eigenvalue weighted by Crippen LogP contribution is 2.30. The number of rotatable bonds is 10. The molecule has 0 spiro atoms. The first-order valence-electron chi connectivity index (χ1n) is 10.1. The average Bonchev–Trinajstić information content (AvgIpc) is 3.34. The molecule has 0 fully saturated rings. The molecular weight excluding hydrogens is 426 g/mol. The molecule has 1 atom stereocenters. The van der Waals surface area contributed by atoms with Crippen molar-refractivity contribution in [2.75, 3.05) is 14.2 Å². The normalized spacial score (nSPS) is 11.3. The fraction of sp³-hybridized carbons (Fsp3) is 0.217. The topological polar surface area (TPSA) is 148 Å². The van der Waals surface area contributed by atoms with Crippen LogP contribution in [0.15, 0.2) is 55.0 Å². The zero-order valence-electron chi connectivity index (χ0n) is 18.3. The summed E-state index contributed by atoms with van der Waals surface area (Å²) in [4.78, 5) is 44.1. The number of amides is 3. The van der Waals surface area contributed by atoms with Gasteiger partial charge in [-0.15, -0.1) is 0 Å². The second-order valence-corrected chi connectivity index (χ2v) is 7.13. The number of primary amides is 1. The zero-order valence-corrected chi connectivity index (χ0v) is 18.3. The first kappa shape index (κ1) is 23.3. The van der Waals surface area contributed by atoms with Gasteiger partial charge in [0.25, 0.3) is 5.91 Å². The van der Waals surface area contributed by atoms with E-state index < -0.39 is 23.8 Å². The van der Waals surface area contributed by atoms with Crippen LogP contribution in [0.2, 0.25) is 0 Å². The number of carbonyl (C=O) groups is 3. The maximum Gasteiger partial charge on any atom is 0.255 e. The fourth-order valence-corrected chi connectivity index (χ4v) is 3.23. The molecule has 172 valence electrons. The fourth-order valence-electron chi connectivity index (χ4n) is 3.23. The Morgan fingerprint density at radius 3 is 2.45 bits per heavy atom. The smallest absolute Gasteiger partial charge is 0.255 e. The van der Waals surface area contributed by atoms with Gasteiger partial charge in [0.05, 0.1) is 26.1 Å². The van der Waals surface area contributed by atoms with Gasteiger partial charge in [-0.05, 0) is 29.8 Å². The number of nitrogens with one attached hydrogen (secondary N) is 3. The number of ether oxygens (including phenoxy) is 2. The molecule has 0 bridgehead atoms. The lowest BCUT2D eigenvalue weighted by atomic mass is 10.1. The molecule has 33 heavy (non-hydrogen) atoms. The summed E-state index contributed by atoms with van der Waals surface area (Å²) < 4.78 is 10.6. The number of aromatic amines is 1. The molecule has 0 aliphatic heterocycles. The van der Waals surface area contributed by atoms with Crippen LogP contribution in [0.4, 0.5) is 0 Å². The molecule has 0 saturated carbocycles. The van der Waals surface area contributed by atoms with E-state index in [-0.39, 0.29) is 24.3 Å². The van der Waals surface area contributed by atoms with Gasteiger partial charge in [-0.25, -0.2) is 4.98 Å². The van der Waals surface area contributed by atoms with E-state index in [0.717, 1.165) is 5.56 Å². The van der Waals surface area contributed by atoms with Crippen molar-refractivity contribution in [1.29, 1.82) is 0 Å². The molecule has 1 heterocycles. The van der Waals surface area contributed by atoms with Crippen molar-refractivity contribution < 1.29 is 23.9 Å². The zero-order chi connectivity index (χ0) is 23.8. The van der Waals surface area contributed by atoms with E-state index in [1.807, 2.05) is 0 Å². The van der Waals surface area contributed by atoms with E-state index in [9.17, 15) is 14.4 Å². The predicted molar refractivity (Wildman–Crippen MR) is 120 cm³/mol. The second-order valence-electron chi connectivity index (χ2n) is 7.13. The van der Waals surface area contributed by atoms with Crippen LogP contribution in [-0.4, -0.2) is 48.0 Å². The lowest BCUT2D eigenvalue weighted by Gasteiger charge is -2.19. The van der Waals surface area contributed by atoms with Crippen LogP contribution in [0.3, 0.4) is 0 Å². The third-order valence-electron chi connectivity index (χ3n) is 4.95. The number of H-pyrrole nitrogens is 1. The molecule has 10 heteroatoms. The molecule has 3 amide bonds. The minimum Gasteiger partial charge on any atom is -0.493 e. The maximum atomic E-state index is 13.0. The van der Waals surface area contributed by atoms with Gasteiger partial charge < -0.3 is 30.8 Å². The number of imidazole rings is 1.